The highest BCUT2D eigenvalue weighted by molar-refractivity contribution is 5.99. The Kier molecular flexibility index (Phi) is 3.52. The van der Waals surface area contributed by atoms with Crippen molar-refractivity contribution in [3.05, 3.63) is 23.5 Å². The number of amides is 2. The fourth-order valence-corrected chi connectivity index (χ4v) is 1.26. The number of carbonyl (C=O) groups is 3. The lowest BCUT2D eigenvalue weighted by Gasteiger charge is -2.09. The van der Waals surface area contributed by atoms with Crippen molar-refractivity contribution < 1.29 is 19.5 Å². The lowest BCUT2D eigenvalue weighted by molar-refractivity contribution is -0.138. The molecule has 0 aliphatic rings. The summed E-state index contributed by atoms with van der Waals surface area (Å²) in [5, 5.41) is 10.9. The summed E-state index contributed by atoms with van der Waals surface area (Å²) >= 11 is 0. The van der Waals surface area contributed by atoms with E-state index in [9.17, 15) is 14.4 Å². The van der Waals surface area contributed by atoms with Crippen molar-refractivity contribution in [1.29, 1.82) is 0 Å². The molecule has 0 aliphatic heterocycles. The van der Waals surface area contributed by atoms with Crippen molar-refractivity contribution in [2.75, 3.05) is 0 Å². The van der Waals surface area contributed by atoms with E-state index in [0.29, 0.717) is 0 Å². The Labute approximate surface area is 97.2 Å². The molecule has 0 aromatic carbocycles. The molecule has 7 nitrogen and oxygen atoms in total. The molecule has 0 fully saturated rings. The first-order valence-electron chi connectivity index (χ1n) is 4.82. The third-order valence-corrected chi connectivity index (χ3v) is 2.24. The molecule has 1 heterocycles. The SMILES string of the molecule is C[C@@H](NC(=O)c1cc(C(N)=O)cn1C)C(=O)O. The number of hydrogen-bond donors (Lipinski definition) is 3. The Morgan fingerprint density at radius 3 is 2.47 bits per heavy atom. The topological polar surface area (TPSA) is 114 Å². The van der Waals surface area contributed by atoms with E-state index in [0.717, 1.165) is 0 Å². The molecule has 17 heavy (non-hydrogen) atoms. The van der Waals surface area contributed by atoms with Gasteiger partial charge in [-0.25, -0.2) is 0 Å². The van der Waals surface area contributed by atoms with Crippen LogP contribution in [0.25, 0.3) is 0 Å². The fraction of sp³-hybridized carbons (Fsp3) is 0.300. The molecule has 0 saturated heterocycles. The van der Waals surface area contributed by atoms with E-state index in [4.69, 9.17) is 10.8 Å². The van der Waals surface area contributed by atoms with Crippen molar-refractivity contribution in [3.8, 4) is 0 Å². The predicted octanol–water partition coefficient (Wildman–Crippen LogP) is -0.673. The van der Waals surface area contributed by atoms with Crippen molar-refractivity contribution in [3.63, 3.8) is 0 Å². The molecule has 0 radical (unpaired) electrons. The number of nitrogens with two attached hydrogens (primary N) is 1. The van der Waals surface area contributed by atoms with Crippen LogP contribution in [0.1, 0.15) is 27.8 Å². The number of nitrogens with zero attached hydrogens (tertiary/aromatic N) is 1. The predicted molar refractivity (Wildman–Crippen MR) is 58.5 cm³/mol. The molecule has 0 aliphatic carbocycles. The molecular weight excluding hydrogens is 226 g/mol. The van der Waals surface area contributed by atoms with Crippen LogP contribution in [-0.2, 0) is 11.8 Å². The molecule has 0 saturated carbocycles. The lowest BCUT2D eigenvalue weighted by atomic mass is 10.2. The lowest BCUT2D eigenvalue weighted by Crippen LogP contribution is -2.39. The first kappa shape index (κ1) is 12.8. The van der Waals surface area contributed by atoms with Gasteiger partial charge in [-0.05, 0) is 13.0 Å². The highest BCUT2D eigenvalue weighted by Gasteiger charge is 2.18. The monoisotopic (exact) mass is 239 g/mol. The van der Waals surface area contributed by atoms with Gasteiger partial charge in [0.05, 0.1) is 5.56 Å². The fourth-order valence-electron chi connectivity index (χ4n) is 1.26. The Morgan fingerprint density at radius 2 is 2.06 bits per heavy atom. The maximum Gasteiger partial charge on any atom is 0.325 e. The summed E-state index contributed by atoms with van der Waals surface area (Å²) in [4.78, 5) is 33.1. The molecular formula is C10H13N3O4. The van der Waals surface area contributed by atoms with Crippen LogP contribution in [0.5, 0.6) is 0 Å². The Morgan fingerprint density at radius 1 is 1.47 bits per heavy atom. The summed E-state index contributed by atoms with van der Waals surface area (Å²) in [5.74, 6) is -2.36. The zero-order valence-corrected chi connectivity index (χ0v) is 9.43. The van der Waals surface area contributed by atoms with Gasteiger partial charge in [-0.2, -0.15) is 0 Å². The first-order valence-corrected chi connectivity index (χ1v) is 4.82. The molecule has 7 heteroatoms. The number of carboxylic acids is 1. The molecule has 2 amide bonds. The minimum atomic E-state index is -1.14. The third-order valence-electron chi connectivity index (χ3n) is 2.24. The van der Waals surface area contributed by atoms with Crippen molar-refractivity contribution in [2.24, 2.45) is 12.8 Å². The van der Waals surface area contributed by atoms with Gasteiger partial charge >= 0.3 is 5.97 Å². The van der Waals surface area contributed by atoms with Gasteiger partial charge < -0.3 is 20.7 Å². The maximum atomic E-state index is 11.7. The standard InChI is InChI=1S/C10H13N3O4/c1-5(10(16)17)12-9(15)7-3-6(8(11)14)4-13(7)2/h3-5H,1-2H3,(H2,11,14)(H,12,15)(H,16,17)/t5-/m1/s1. The zero-order valence-electron chi connectivity index (χ0n) is 9.43. The van der Waals surface area contributed by atoms with Crippen LogP contribution in [0.2, 0.25) is 0 Å². The average Bonchev–Trinajstić information content (AvgIpc) is 2.60. The number of aliphatic carboxylic acids is 1. The summed E-state index contributed by atoms with van der Waals surface area (Å²) in [7, 11) is 1.56. The summed E-state index contributed by atoms with van der Waals surface area (Å²) < 4.78 is 1.41. The third kappa shape index (κ3) is 2.83. The van der Waals surface area contributed by atoms with Gasteiger partial charge in [-0.3, -0.25) is 14.4 Å². The highest BCUT2D eigenvalue weighted by Crippen LogP contribution is 2.06. The van der Waals surface area contributed by atoms with E-state index >= 15 is 0 Å². The number of aryl methyl sites for hydroxylation is 1. The van der Waals surface area contributed by atoms with Crippen LogP contribution in [-0.4, -0.2) is 33.5 Å². The molecule has 4 N–H and O–H groups in total. The molecule has 1 aromatic heterocycles. The number of carboxylic acid groups (broad SMARTS) is 1. The molecule has 0 unspecified atom stereocenters. The zero-order chi connectivity index (χ0) is 13.2. The Hall–Kier alpha value is -2.31. The van der Waals surface area contributed by atoms with E-state index in [-0.39, 0.29) is 11.3 Å². The van der Waals surface area contributed by atoms with Crippen LogP contribution >= 0.6 is 0 Å². The molecule has 0 spiro atoms. The largest absolute Gasteiger partial charge is 0.480 e. The van der Waals surface area contributed by atoms with Gasteiger partial charge in [0.1, 0.15) is 11.7 Å². The molecule has 1 aromatic rings. The van der Waals surface area contributed by atoms with E-state index in [1.54, 1.807) is 7.05 Å². The molecule has 0 bridgehead atoms. The van der Waals surface area contributed by atoms with Gasteiger partial charge in [0.25, 0.3) is 5.91 Å². The normalized spacial score (nSPS) is 11.9. The second-order valence-electron chi connectivity index (χ2n) is 3.62. The number of rotatable bonds is 4. The maximum absolute atomic E-state index is 11.7. The van der Waals surface area contributed by atoms with Crippen molar-refractivity contribution in [2.45, 2.75) is 13.0 Å². The van der Waals surface area contributed by atoms with Crippen LogP contribution in [0.4, 0.5) is 0 Å². The van der Waals surface area contributed by atoms with Gasteiger partial charge in [0.15, 0.2) is 0 Å². The summed E-state index contributed by atoms with van der Waals surface area (Å²) in [6.45, 7) is 1.35. The van der Waals surface area contributed by atoms with Crippen LogP contribution < -0.4 is 11.1 Å². The van der Waals surface area contributed by atoms with Gasteiger partial charge in [-0.1, -0.05) is 0 Å². The summed E-state index contributed by atoms with van der Waals surface area (Å²) in [5.41, 5.74) is 5.44. The van der Waals surface area contributed by atoms with Gasteiger partial charge in [0.2, 0.25) is 5.91 Å². The van der Waals surface area contributed by atoms with Crippen molar-refractivity contribution >= 4 is 17.8 Å². The number of aromatic nitrogens is 1. The minimum absolute atomic E-state index is 0.173. The van der Waals surface area contributed by atoms with Gasteiger partial charge in [0, 0.05) is 13.2 Å². The van der Waals surface area contributed by atoms with E-state index in [2.05, 4.69) is 5.32 Å². The van der Waals surface area contributed by atoms with E-state index < -0.39 is 23.8 Å². The van der Waals surface area contributed by atoms with Gasteiger partial charge in [-0.15, -0.1) is 0 Å². The van der Waals surface area contributed by atoms with Crippen LogP contribution in [0.3, 0.4) is 0 Å². The smallest absolute Gasteiger partial charge is 0.325 e. The van der Waals surface area contributed by atoms with E-state index in [1.807, 2.05) is 0 Å². The van der Waals surface area contributed by atoms with E-state index in [1.165, 1.54) is 23.8 Å². The second kappa shape index (κ2) is 4.69. The molecule has 1 rings (SSSR count). The molecule has 1 atom stereocenters. The van der Waals surface area contributed by atoms with Crippen molar-refractivity contribution in [1.82, 2.24) is 9.88 Å². The number of nitrogens with one attached hydrogen (secondary N) is 1. The molecule has 92 valence electrons. The first-order chi connectivity index (χ1) is 7.82. The highest BCUT2D eigenvalue weighted by atomic mass is 16.4. The van der Waals surface area contributed by atoms with Crippen LogP contribution in [0, 0.1) is 0 Å². The summed E-state index contributed by atoms with van der Waals surface area (Å²) in [6.07, 6.45) is 1.41. The number of hydrogen-bond acceptors (Lipinski definition) is 3. The Bertz CT molecular complexity index is 478. The van der Waals surface area contributed by atoms with Crippen LogP contribution in [0.15, 0.2) is 12.3 Å². The minimum Gasteiger partial charge on any atom is -0.480 e. The average molecular weight is 239 g/mol. The number of primary amides is 1. The summed E-state index contributed by atoms with van der Waals surface area (Å²) in [6, 6.07) is 0.307. The second-order valence-corrected chi connectivity index (χ2v) is 3.62. The quantitative estimate of drug-likeness (QED) is 0.646. The Balaban J connectivity index is 2.89. The number of carbonyl (C=O) groups excluding carboxylic acids is 2.